The maximum absolute atomic E-state index is 14.3. The molecule has 13 heteroatoms. The standard InChI is InChI=1S/C28H32N4O8S/c1-16(29-3)27(35)30-26-17(2)32(24(33)15-41(5,37)38)22-9-7-6-8-21(22)31(28(26)36)14-18-12-25(34)40-23-13-19(39-4)10-11-20(18)23/h6-13,16-17,26,29H,14-15H2,1-5H3,(H,30,35)/t16-,17-,26-/m0/s1. The molecule has 0 aliphatic carbocycles. The molecule has 1 aromatic heterocycles. The number of hydrogen-bond acceptors (Lipinski definition) is 9. The number of para-hydroxylation sites is 2. The van der Waals surface area contributed by atoms with Crippen molar-refractivity contribution in [2.24, 2.45) is 0 Å². The lowest BCUT2D eigenvalue weighted by atomic mass is 10.1. The molecule has 2 aromatic carbocycles. The Hall–Kier alpha value is -4.23. The van der Waals surface area contributed by atoms with E-state index in [2.05, 4.69) is 10.6 Å². The zero-order valence-electron chi connectivity index (χ0n) is 23.3. The van der Waals surface area contributed by atoms with E-state index in [0.717, 1.165) is 6.26 Å². The zero-order valence-corrected chi connectivity index (χ0v) is 24.2. The van der Waals surface area contributed by atoms with Gasteiger partial charge in [-0.1, -0.05) is 12.1 Å². The van der Waals surface area contributed by atoms with E-state index in [1.54, 1.807) is 63.4 Å². The molecule has 4 rings (SSSR count). The average molecular weight is 585 g/mol. The van der Waals surface area contributed by atoms with Crippen LogP contribution in [0.5, 0.6) is 5.75 Å². The molecule has 3 aromatic rings. The molecule has 2 heterocycles. The molecule has 2 N–H and O–H groups in total. The van der Waals surface area contributed by atoms with Gasteiger partial charge in [0.15, 0.2) is 9.84 Å². The van der Waals surface area contributed by atoms with Crippen LogP contribution in [0.15, 0.2) is 57.7 Å². The number of hydrogen-bond donors (Lipinski definition) is 2. The van der Waals surface area contributed by atoms with E-state index in [9.17, 15) is 27.6 Å². The first-order valence-electron chi connectivity index (χ1n) is 12.8. The Morgan fingerprint density at radius 1 is 1.10 bits per heavy atom. The summed E-state index contributed by atoms with van der Waals surface area (Å²) < 4.78 is 34.8. The minimum Gasteiger partial charge on any atom is -0.497 e. The zero-order chi connectivity index (χ0) is 30.1. The van der Waals surface area contributed by atoms with Crippen molar-refractivity contribution in [2.75, 3.05) is 36.0 Å². The van der Waals surface area contributed by atoms with Gasteiger partial charge in [0.2, 0.25) is 11.8 Å². The molecule has 3 atom stereocenters. The molecule has 0 saturated carbocycles. The van der Waals surface area contributed by atoms with E-state index in [-0.39, 0.29) is 17.8 Å². The average Bonchev–Trinajstić information content (AvgIpc) is 2.99. The molecule has 1 aliphatic heterocycles. The monoisotopic (exact) mass is 584 g/mol. The van der Waals surface area contributed by atoms with Gasteiger partial charge in [0.25, 0.3) is 5.91 Å². The predicted molar refractivity (Wildman–Crippen MR) is 154 cm³/mol. The third kappa shape index (κ3) is 6.25. The van der Waals surface area contributed by atoms with E-state index < -0.39 is 57.1 Å². The van der Waals surface area contributed by atoms with E-state index in [1.165, 1.54) is 23.0 Å². The summed E-state index contributed by atoms with van der Waals surface area (Å²) in [6, 6.07) is 9.94. The Morgan fingerprint density at radius 3 is 2.41 bits per heavy atom. The third-order valence-corrected chi connectivity index (χ3v) is 7.77. The third-order valence-electron chi connectivity index (χ3n) is 7.00. The fraction of sp³-hybridized carbons (Fsp3) is 0.357. The molecule has 41 heavy (non-hydrogen) atoms. The summed E-state index contributed by atoms with van der Waals surface area (Å²) in [6.07, 6.45) is 0.950. The second kappa shape index (κ2) is 11.7. The van der Waals surface area contributed by atoms with E-state index in [1.807, 2.05) is 0 Å². The van der Waals surface area contributed by atoms with Gasteiger partial charge < -0.3 is 29.6 Å². The van der Waals surface area contributed by atoms with Crippen LogP contribution in [0, 0.1) is 0 Å². The molecule has 0 fully saturated rings. The number of nitrogens with one attached hydrogen (secondary N) is 2. The van der Waals surface area contributed by atoms with Crippen LogP contribution in [-0.4, -0.2) is 70.4 Å². The second-order valence-electron chi connectivity index (χ2n) is 9.94. The Bertz CT molecular complexity index is 1670. The van der Waals surface area contributed by atoms with Crippen LogP contribution in [0.2, 0.25) is 0 Å². The first-order valence-corrected chi connectivity index (χ1v) is 14.9. The number of ether oxygens (including phenoxy) is 1. The van der Waals surface area contributed by atoms with Crippen LogP contribution in [0.3, 0.4) is 0 Å². The number of nitrogens with zero attached hydrogens (tertiary/aromatic N) is 2. The summed E-state index contributed by atoms with van der Waals surface area (Å²) in [5.74, 6) is -2.10. The minimum atomic E-state index is -3.72. The van der Waals surface area contributed by atoms with E-state index in [4.69, 9.17) is 9.15 Å². The number of anilines is 2. The van der Waals surface area contributed by atoms with Crippen molar-refractivity contribution < 1.29 is 32.0 Å². The van der Waals surface area contributed by atoms with Crippen LogP contribution >= 0.6 is 0 Å². The molecule has 218 valence electrons. The van der Waals surface area contributed by atoms with Crippen LogP contribution < -0.4 is 30.8 Å². The maximum Gasteiger partial charge on any atom is 0.336 e. The highest BCUT2D eigenvalue weighted by Crippen LogP contribution is 2.37. The van der Waals surface area contributed by atoms with Crippen molar-refractivity contribution in [3.63, 3.8) is 0 Å². The smallest absolute Gasteiger partial charge is 0.336 e. The molecule has 12 nitrogen and oxygen atoms in total. The minimum absolute atomic E-state index is 0.112. The largest absolute Gasteiger partial charge is 0.497 e. The Morgan fingerprint density at radius 2 is 1.78 bits per heavy atom. The fourth-order valence-electron chi connectivity index (χ4n) is 4.81. The number of benzene rings is 2. The fourth-order valence-corrected chi connectivity index (χ4v) is 5.39. The van der Waals surface area contributed by atoms with E-state index >= 15 is 0 Å². The van der Waals surface area contributed by atoms with Gasteiger partial charge in [-0.3, -0.25) is 14.4 Å². The number of fused-ring (bicyclic) bond motifs is 2. The number of likely N-dealkylation sites (N-methyl/N-ethyl adjacent to an activating group) is 1. The normalized spacial score (nSPS) is 18.0. The Balaban J connectivity index is 1.90. The summed E-state index contributed by atoms with van der Waals surface area (Å²) in [7, 11) is -0.647. The van der Waals surface area contributed by atoms with Gasteiger partial charge in [-0.2, -0.15) is 0 Å². The van der Waals surface area contributed by atoms with Gasteiger partial charge in [-0.25, -0.2) is 13.2 Å². The first-order chi connectivity index (χ1) is 19.3. The van der Waals surface area contributed by atoms with E-state index in [0.29, 0.717) is 22.4 Å². The van der Waals surface area contributed by atoms with Gasteiger partial charge in [-0.15, -0.1) is 0 Å². The SMILES string of the molecule is CN[C@@H](C)C(=O)N[C@@H]1C(=O)N(Cc2cc(=O)oc3cc(OC)ccc23)c2ccccc2N(C(=O)CS(C)(=O)=O)[C@H]1C. The molecular formula is C28H32N4O8S. The number of carbonyl (C=O) groups is 3. The van der Waals surface area contributed by atoms with Crippen LogP contribution in [0.25, 0.3) is 11.0 Å². The van der Waals surface area contributed by atoms with Gasteiger partial charge in [0.1, 0.15) is 23.1 Å². The van der Waals surface area contributed by atoms with Crippen LogP contribution in [0.1, 0.15) is 19.4 Å². The molecule has 0 bridgehead atoms. The number of amides is 3. The van der Waals surface area contributed by atoms with Crippen molar-refractivity contribution in [1.29, 1.82) is 0 Å². The summed E-state index contributed by atoms with van der Waals surface area (Å²) in [5.41, 5.74) is 0.670. The molecule has 3 amide bonds. The molecular weight excluding hydrogens is 552 g/mol. The maximum atomic E-state index is 14.3. The molecule has 0 saturated heterocycles. The Labute approximate surface area is 237 Å². The number of rotatable bonds is 8. The number of carbonyl (C=O) groups excluding carboxylic acids is 3. The second-order valence-corrected chi connectivity index (χ2v) is 12.1. The molecule has 0 spiro atoms. The van der Waals surface area contributed by atoms with Crippen molar-refractivity contribution in [2.45, 2.75) is 38.5 Å². The highest BCUT2D eigenvalue weighted by molar-refractivity contribution is 7.91. The van der Waals surface area contributed by atoms with Gasteiger partial charge in [0.05, 0.1) is 37.1 Å². The highest BCUT2D eigenvalue weighted by Gasteiger charge is 2.42. The summed E-state index contributed by atoms with van der Waals surface area (Å²) in [4.78, 5) is 55.8. The highest BCUT2D eigenvalue weighted by atomic mass is 32.2. The lowest BCUT2D eigenvalue weighted by Gasteiger charge is -2.32. The number of sulfone groups is 1. The van der Waals surface area contributed by atoms with Crippen molar-refractivity contribution in [1.82, 2.24) is 10.6 Å². The predicted octanol–water partition coefficient (Wildman–Crippen LogP) is 1.21. The number of methoxy groups -OCH3 is 1. The molecule has 0 radical (unpaired) electrons. The summed E-state index contributed by atoms with van der Waals surface area (Å²) in [6.45, 7) is 3.08. The van der Waals surface area contributed by atoms with Gasteiger partial charge >= 0.3 is 5.63 Å². The van der Waals surface area contributed by atoms with Crippen molar-refractivity contribution in [3.05, 3.63) is 64.5 Å². The first kappa shape index (κ1) is 29.7. The van der Waals surface area contributed by atoms with Gasteiger partial charge in [0, 0.05) is 23.8 Å². The summed E-state index contributed by atoms with van der Waals surface area (Å²) in [5, 5.41) is 6.11. The molecule has 1 aliphatic rings. The lowest BCUT2D eigenvalue weighted by molar-refractivity contribution is -0.129. The quantitative estimate of drug-likeness (QED) is 0.372. The van der Waals surface area contributed by atoms with Crippen LogP contribution in [0.4, 0.5) is 11.4 Å². The molecule has 0 unspecified atom stereocenters. The topological polar surface area (TPSA) is 155 Å². The lowest BCUT2D eigenvalue weighted by Crippen LogP contribution is -2.60. The Kier molecular flexibility index (Phi) is 8.50. The van der Waals surface area contributed by atoms with Gasteiger partial charge in [-0.05, 0) is 50.7 Å². The summed E-state index contributed by atoms with van der Waals surface area (Å²) >= 11 is 0. The van der Waals surface area contributed by atoms with Crippen molar-refractivity contribution in [3.8, 4) is 5.75 Å². The van der Waals surface area contributed by atoms with Crippen LogP contribution in [-0.2, 0) is 30.8 Å². The van der Waals surface area contributed by atoms with Crippen molar-refractivity contribution >= 4 is 49.9 Å².